The van der Waals surface area contributed by atoms with E-state index in [9.17, 15) is 9.59 Å². The third-order valence-corrected chi connectivity index (χ3v) is 4.53. The van der Waals surface area contributed by atoms with Gasteiger partial charge < -0.3 is 9.72 Å². The van der Waals surface area contributed by atoms with Crippen LogP contribution in [0.5, 0.6) is 0 Å². The van der Waals surface area contributed by atoms with Gasteiger partial charge in [-0.25, -0.2) is 4.98 Å². The summed E-state index contributed by atoms with van der Waals surface area (Å²) < 4.78 is 4.61. The van der Waals surface area contributed by atoms with Gasteiger partial charge in [0.05, 0.1) is 25.5 Å². The van der Waals surface area contributed by atoms with E-state index in [1.54, 1.807) is 0 Å². The molecule has 114 valence electrons. The van der Waals surface area contributed by atoms with Gasteiger partial charge in [-0.15, -0.1) is 11.3 Å². The smallest absolute Gasteiger partial charge is 0.306 e. The topological polar surface area (TPSA) is 75.3 Å². The van der Waals surface area contributed by atoms with Gasteiger partial charge in [-0.1, -0.05) is 0 Å². The number of nitrogens with zero attached hydrogens (tertiary/aromatic N) is 2. The number of aromatic nitrogens is 2. The fourth-order valence-electron chi connectivity index (χ4n) is 2.09. The molecule has 0 radical (unpaired) electrons. The van der Waals surface area contributed by atoms with Gasteiger partial charge in [-0.2, -0.15) is 0 Å². The van der Waals surface area contributed by atoms with Crippen LogP contribution in [0.1, 0.15) is 22.7 Å². The van der Waals surface area contributed by atoms with Crippen LogP contribution in [0.3, 0.4) is 0 Å². The maximum absolute atomic E-state index is 12.1. The maximum Gasteiger partial charge on any atom is 0.306 e. The average molecular weight is 309 g/mol. The first kappa shape index (κ1) is 15.7. The van der Waals surface area contributed by atoms with Crippen LogP contribution in [0, 0.1) is 13.8 Å². The fourth-order valence-corrected chi connectivity index (χ4v) is 3.14. The number of carbonyl (C=O) groups excluding carboxylic acids is 1. The molecule has 0 fully saturated rings. The number of aromatic amines is 1. The van der Waals surface area contributed by atoms with Crippen molar-refractivity contribution in [3.8, 4) is 0 Å². The van der Waals surface area contributed by atoms with Crippen LogP contribution < -0.4 is 5.56 Å². The fraction of sp³-hybridized carbons (Fsp3) is 0.500. The van der Waals surface area contributed by atoms with E-state index in [1.807, 2.05) is 25.8 Å². The normalized spacial score (nSPS) is 11.3. The van der Waals surface area contributed by atoms with E-state index in [0.29, 0.717) is 30.7 Å². The predicted molar refractivity (Wildman–Crippen MR) is 82.7 cm³/mol. The summed E-state index contributed by atoms with van der Waals surface area (Å²) >= 11 is 1.53. The summed E-state index contributed by atoms with van der Waals surface area (Å²) in [6, 6.07) is 0. The molecule has 2 aromatic heterocycles. The van der Waals surface area contributed by atoms with Gasteiger partial charge >= 0.3 is 5.97 Å². The summed E-state index contributed by atoms with van der Waals surface area (Å²) in [5.41, 5.74) is 0.896. The molecular formula is C14H19N3O3S. The predicted octanol–water partition coefficient (Wildman–Crippen LogP) is 1.60. The van der Waals surface area contributed by atoms with Gasteiger partial charge in [0.25, 0.3) is 5.56 Å². The van der Waals surface area contributed by atoms with E-state index < -0.39 is 0 Å². The SMILES string of the molecule is COC(=O)CCN(C)Cc1nc2sc(C)c(C)c2c(=O)[nH]1. The second-order valence-corrected chi connectivity index (χ2v) is 6.24. The summed E-state index contributed by atoms with van der Waals surface area (Å²) in [7, 11) is 3.24. The lowest BCUT2D eigenvalue weighted by molar-refractivity contribution is -0.140. The van der Waals surface area contributed by atoms with Crippen molar-refractivity contribution in [1.29, 1.82) is 0 Å². The van der Waals surface area contributed by atoms with Gasteiger partial charge in [0, 0.05) is 11.4 Å². The molecule has 2 rings (SSSR count). The van der Waals surface area contributed by atoms with Crippen molar-refractivity contribution in [2.24, 2.45) is 0 Å². The summed E-state index contributed by atoms with van der Waals surface area (Å²) in [4.78, 5) is 34.4. The Morgan fingerprint density at radius 2 is 2.14 bits per heavy atom. The van der Waals surface area contributed by atoms with Crippen molar-refractivity contribution < 1.29 is 9.53 Å². The number of methoxy groups -OCH3 is 1. The van der Waals surface area contributed by atoms with Crippen molar-refractivity contribution in [2.45, 2.75) is 26.8 Å². The minimum Gasteiger partial charge on any atom is -0.469 e. The van der Waals surface area contributed by atoms with Crippen LogP contribution >= 0.6 is 11.3 Å². The lowest BCUT2D eigenvalue weighted by Crippen LogP contribution is -2.24. The number of rotatable bonds is 5. The number of esters is 1. The molecule has 0 saturated carbocycles. The Bertz CT molecular complexity index is 720. The molecule has 0 amide bonds. The summed E-state index contributed by atoms with van der Waals surface area (Å²) in [5.74, 6) is 0.365. The first-order valence-corrected chi connectivity index (χ1v) is 7.48. The summed E-state index contributed by atoms with van der Waals surface area (Å²) in [6.07, 6.45) is 0.316. The molecule has 0 atom stereocenters. The third kappa shape index (κ3) is 3.48. The standard InChI is InChI=1S/C14H19N3O3S/c1-8-9(2)21-14-12(8)13(19)15-10(16-14)7-17(3)6-5-11(18)20-4/h5-7H2,1-4H3,(H,15,16,19). The second kappa shape index (κ2) is 6.36. The Kier molecular flexibility index (Phi) is 4.74. The number of carbonyl (C=O) groups is 1. The molecule has 0 aliphatic rings. The number of ether oxygens (including phenoxy) is 1. The monoisotopic (exact) mass is 309 g/mol. The number of nitrogens with one attached hydrogen (secondary N) is 1. The number of aryl methyl sites for hydroxylation is 2. The van der Waals surface area contributed by atoms with E-state index in [1.165, 1.54) is 18.4 Å². The number of hydrogen-bond acceptors (Lipinski definition) is 6. The average Bonchev–Trinajstić information content (AvgIpc) is 2.71. The molecular weight excluding hydrogens is 290 g/mol. The largest absolute Gasteiger partial charge is 0.469 e. The molecule has 0 saturated heterocycles. The summed E-state index contributed by atoms with van der Waals surface area (Å²) in [6.45, 7) is 4.96. The van der Waals surface area contributed by atoms with E-state index in [2.05, 4.69) is 14.7 Å². The van der Waals surface area contributed by atoms with Crippen molar-refractivity contribution in [1.82, 2.24) is 14.9 Å². The van der Waals surface area contributed by atoms with Crippen LogP contribution in [0.15, 0.2) is 4.79 Å². The van der Waals surface area contributed by atoms with Gasteiger partial charge in [-0.3, -0.25) is 14.5 Å². The minimum absolute atomic E-state index is 0.0989. The molecule has 2 aromatic rings. The molecule has 0 aromatic carbocycles. The highest BCUT2D eigenvalue weighted by Crippen LogP contribution is 2.25. The Hall–Kier alpha value is -1.73. The third-order valence-electron chi connectivity index (χ3n) is 3.43. The Labute approximate surface area is 126 Å². The molecule has 7 heteroatoms. The highest BCUT2D eigenvalue weighted by atomic mass is 32.1. The molecule has 6 nitrogen and oxygen atoms in total. The van der Waals surface area contributed by atoms with Crippen LogP contribution in [0.2, 0.25) is 0 Å². The quantitative estimate of drug-likeness (QED) is 0.849. The Morgan fingerprint density at radius 3 is 2.81 bits per heavy atom. The van der Waals surface area contributed by atoms with E-state index in [-0.39, 0.29) is 11.5 Å². The van der Waals surface area contributed by atoms with Crippen molar-refractivity contribution in [2.75, 3.05) is 20.7 Å². The maximum atomic E-state index is 12.1. The number of thiophene rings is 1. The lowest BCUT2D eigenvalue weighted by Gasteiger charge is -2.14. The number of H-pyrrole nitrogens is 1. The van der Waals surface area contributed by atoms with Crippen molar-refractivity contribution in [3.63, 3.8) is 0 Å². The zero-order valence-electron chi connectivity index (χ0n) is 12.6. The molecule has 21 heavy (non-hydrogen) atoms. The molecule has 0 bridgehead atoms. The molecule has 0 spiro atoms. The van der Waals surface area contributed by atoms with Gasteiger partial charge in [0.2, 0.25) is 0 Å². The van der Waals surface area contributed by atoms with E-state index in [4.69, 9.17) is 0 Å². The summed E-state index contributed by atoms with van der Waals surface area (Å²) in [5, 5.41) is 0.679. The van der Waals surface area contributed by atoms with Gasteiger partial charge in [-0.05, 0) is 26.5 Å². The first-order valence-electron chi connectivity index (χ1n) is 6.66. The van der Waals surface area contributed by atoms with Gasteiger partial charge in [0.15, 0.2) is 0 Å². The zero-order valence-corrected chi connectivity index (χ0v) is 13.5. The Balaban J connectivity index is 2.16. The van der Waals surface area contributed by atoms with Crippen molar-refractivity contribution >= 4 is 27.5 Å². The second-order valence-electron chi connectivity index (χ2n) is 5.04. The minimum atomic E-state index is -0.247. The first-order chi connectivity index (χ1) is 9.92. The molecule has 0 unspecified atom stereocenters. The molecule has 0 aliphatic heterocycles. The highest BCUT2D eigenvalue weighted by molar-refractivity contribution is 7.18. The van der Waals surface area contributed by atoms with Gasteiger partial charge in [0.1, 0.15) is 10.7 Å². The van der Waals surface area contributed by atoms with Crippen LogP contribution in [0.4, 0.5) is 0 Å². The van der Waals surface area contributed by atoms with Crippen LogP contribution in [-0.4, -0.2) is 41.5 Å². The molecule has 0 aliphatic carbocycles. The Morgan fingerprint density at radius 1 is 1.43 bits per heavy atom. The molecule has 2 heterocycles. The molecule has 1 N–H and O–H groups in total. The van der Waals surface area contributed by atoms with E-state index >= 15 is 0 Å². The highest BCUT2D eigenvalue weighted by Gasteiger charge is 2.13. The zero-order chi connectivity index (χ0) is 15.6. The van der Waals surface area contributed by atoms with Crippen LogP contribution in [0.25, 0.3) is 10.2 Å². The number of fused-ring (bicyclic) bond motifs is 1. The van der Waals surface area contributed by atoms with Crippen molar-refractivity contribution in [3.05, 3.63) is 26.6 Å². The van der Waals surface area contributed by atoms with E-state index in [0.717, 1.165) is 15.3 Å². The number of hydrogen-bond donors (Lipinski definition) is 1. The lowest BCUT2D eigenvalue weighted by atomic mass is 10.2. The van der Waals surface area contributed by atoms with Crippen LogP contribution in [-0.2, 0) is 16.1 Å².